The van der Waals surface area contributed by atoms with Crippen LogP contribution >= 0.6 is 0 Å². The summed E-state index contributed by atoms with van der Waals surface area (Å²) in [6.07, 6.45) is 0. The van der Waals surface area contributed by atoms with E-state index in [9.17, 15) is 0 Å². The van der Waals surface area contributed by atoms with E-state index in [1.54, 1.807) is 0 Å². The summed E-state index contributed by atoms with van der Waals surface area (Å²) in [6, 6.07) is 86.1. The lowest BCUT2D eigenvalue weighted by atomic mass is 9.59. The van der Waals surface area contributed by atoms with Crippen LogP contribution < -0.4 is 4.90 Å². The highest BCUT2D eigenvalue weighted by atomic mass is 15.1. The van der Waals surface area contributed by atoms with Crippen molar-refractivity contribution in [2.45, 2.75) is 71.6 Å². The van der Waals surface area contributed by atoms with E-state index in [1.165, 1.54) is 99.7 Å². The molecule has 0 saturated heterocycles. The molecule has 1 aromatic heterocycles. The van der Waals surface area contributed by atoms with Gasteiger partial charge in [-0.05, 0) is 173 Å². The van der Waals surface area contributed by atoms with E-state index in [-0.39, 0.29) is 21.7 Å². The molecule has 2 heteroatoms. The zero-order chi connectivity index (χ0) is 50.7. The van der Waals surface area contributed by atoms with Gasteiger partial charge in [0, 0.05) is 38.9 Å². The Balaban J connectivity index is 1.00. The van der Waals surface area contributed by atoms with Gasteiger partial charge in [-0.15, -0.1) is 0 Å². The number of hydrogen-bond donors (Lipinski definition) is 0. The molecule has 0 aliphatic heterocycles. The maximum absolute atomic E-state index is 2.57. The van der Waals surface area contributed by atoms with Gasteiger partial charge in [0.05, 0.1) is 11.0 Å². The molecule has 11 aromatic rings. The second-order valence-corrected chi connectivity index (χ2v) is 23.0. The molecule has 13 rings (SSSR count). The molecule has 2 aliphatic rings. The molecular formula is C72H62N2. The standard InChI is InChI=1S/C72H62N2/c1-69(2)63-31-17-15-29-57(63)58-39-38-56(44-64(58)69)73(53-36-33-49(34-37-53)47-21-11-9-12-22-47)54-27-20-26-51(42-54)60-45-65-66(71(5,6)72(7,8)70(65,3)4)46-61(60)52-35-40-68-62(43-52)59-30-16-18-32-67(59)74(68)55-28-19-25-50(41-55)48-23-13-10-14-24-48/h9-46H,1-8H3. The van der Waals surface area contributed by atoms with E-state index in [2.05, 4.69) is 295 Å². The smallest absolute Gasteiger partial charge is 0.0541 e. The topological polar surface area (TPSA) is 8.17 Å². The summed E-state index contributed by atoms with van der Waals surface area (Å²) in [5.74, 6) is 0. The predicted molar refractivity (Wildman–Crippen MR) is 315 cm³/mol. The number of nitrogens with zero attached hydrogens (tertiary/aromatic N) is 2. The number of fused-ring (bicyclic) bond motifs is 7. The van der Waals surface area contributed by atoms with Gasteiger partial charge in [0.25, 0.3) is 0 Å². The average molecular weight is 955 g/mol. The average Bonchev–Trinajstić information content (AvgIpc) is 3.93. The molecule has 0 spiro atoms. The molecule has 0 radical (unpaired) electrons. The first-order valence-electron chi connectivity index (χ1n) is 26.4. The van der Waals surface area contributed by atoms with E-state index in [0.29, 0.717) is 0 Å². The third-order valence-corrected chi connectivity index (χ3v) is 18.3. The number of hydrogen-bond acceptors (Lipinski definition) is 1. The third kappa shape index (κ3) is 6.84. The monoisotopic (exact) mass is 954 g/mol. The highest BCUT2D eigenvalue weighted by molar-refractivity contribution is 6.11. The number of benzene rings is 10. The Morgan fingerprint density at radius 2 is 0.811 bits per heavy atom. The zero-order valence-electron chi connectivity index (χ0n) is 43.8. The van der Waals surface area contributed by atoms with Crippen molar-refractivity contribution in [3.8, 4) is 61.3 Å². The van der Waals surface area contributed by atoms with Crippen LogP contribution in [0.15, 0.2) is 231 Å². The fourth-order valence-electron chi connectivity index (χ4n) is 13.0. The molecule has 0 unspecified atom stereocenters. The lowest BCUT2D eigenvalue weighted by molar-refractivity contribution is 0.125. The Bertz CT molecular complexity index is 4000. The minimum absolute atomic E-state index is 0.00451. The lowest BCUT2D eigenvalue weighted by Gasteiger charge is -2.44. The quantitative estimate of drug-likeness (QED) is 0.147. The molecule has 1 heterocycles. The number of para-hydroxylation sites is 1. The summed E-state index contributed by atoms with van der Waals surface area (Å²) in [6.45, 7) is 19.5. The second kappa shape index (κ2) is 16.7. The Kier molecular flexibility index (Phi) is 10.3. The second-order valence-electron chi connectivity index (χ2n) is 23.0. The van der Waals surface area contributed by atoms with Gasteiger partial charge in [0.15, 0.2) is 0 Å². The Hall–Kier alpha value is -8.20. The van der Waals surface area contributed by atoms with Crippen molar-refractivity contribution in [1.29, 1.82) is 0 Å². The van der Waals surface area contributed by atoms with Crippen molar-refractivity contribution >= 4 is 38.9 Å². The van der Waals surface area contributed by atoms with E-state index >= 15 is 0 Å². The number of rotatable bonds is 8. The molecular weight excluding hydrogens is 893 g/mol. The van der Waals surface area contributed by atoms with Crippen molar-refractivity contribution in [2.24, 2.45) is 5.41 Å². The summed E-state index contributed by atoms with van der Waals surface area (Å²) in [5, 5.41) is 2.49. The van der Waals surface area contributed by atoms with Crippen LogP contribution in [0.2, 0.25) is 0 Å². The van der Waals surface area contributed by atoms with Gasteiger partial charge in [-0.2, -0.15) is 0 Å². The molecule has 2 nitrogen and oxygen atoms in total. The normalized spacial score (nSPS) is 15.5. The number of anilines is 3. The van der Waals surface area contributed by atoms with Crippen molar-refractivity contribution in [3.05, 3.63) is 253 Å². The van der Waals surface area contributed by atoms with Crippen LogP contribution in [0.4, 0.5) is 17.1 Å². The molecule has 0 amide bonds. The van der Waals surface area contributed by atoms with Gasteiger partial charge < -0.3 is 9.47 Å². The maximum atomic E-state index is 2.57. The molecule has 0 atom stereocenters. The van der Waals surface area contributed by atoms with Crippen LogP contribution in [0.3, 0.4) is 0 Å². The first-order chi connectivity index (χ1) is 35.7. The van der Waals surface area contributed by atoms with Crippen LogP contribution in [-0.2, 0) is 16.2 Å². The van der Waals surface area contributed by atoms with Crippen LogP contribution in [-0.4, -0.2) is 4.57 Å². The molecule has 0 fully saturated rings. The third-order valence-electron chi connectivity index (χ3n) is 18.3. The van der Waals surface area contributed by atoms with Gasteiger partial charge in [-0.25, -0.2) is 0 Å². The van der Waals surface area contributed by atoms with Gasteiger partial charge >= 0.3 is 0 Å². The summed E-state index contributed by atoms with van der Waals surface area (Å²) < 4.78 is 2.45. The van der Waals surface area contributed by atoms with E-state index in [1.807, 2.05) is 0 Å². The van der Waals surface area contributed by atoms with Gasteiger partial charge in [-0.3, -0.25) is 0 Å². The van der Waals surface area contributed by atoms with Crippen LogP contribution in [0, 0.1) is 5.41 Å². The SMILES string of the molecule is CC1(C)c2ccccc2-c2ccc(N(c3ccc(-c4ccccc4)cc3)c3cccc(-c4cc5c(cc4-c4ccc6c(c4)c4ccccc4n6-c4cccc(-c6ccccc6)c4)C(C)(C)C(C)(C)C5(C)C)c3)cc21. The largest absolute Gasteiger partial charge is 0.310 e. The molecule has 0 N–H and O–H groups in total. The lowest BCUT2D eigenvalue weighted by Crippen LogP contribution is -2.42. The van der Waals surface area contributed by atoms with Crippen molar-refractivity contribution in [2.75, 3.05) is 4.90 Å². The van der Waals surface area contributed by atoms with Crippen molar-refractivity contribution in [1.82, 2.24) is 4.57 Å². The fourth-order valence-corrected chi connectivity index (χ4v) is 13.0. The maximum Gasteiger partial charge on any atom is 0.0541 e. The highest BCUT2D eigenvalue weighted by Crippen LogP contribution is 2.63. The summed E-state index contributed by atoms with van der Waals surface area (Å²) in [5.41, 5.74) is 24.6. The van der Waals surface area contributed by atoms with Gasteiger partial charge in [-0.1, -0.05) is 207 Å². The predicted octanol–water partition coefficient (Wildman–Crippen LogP) is 19.8. The molecule has 0 saturated carbocycles. The molecule has 10 aromatic carbocycles. The summed E-state index contributed by atoms with van der Waals surface area (Å²) in [7, 11) is 0. The van der Waals surface area contributed by atoms with Crippen molar-refractivity contribution in [3.63, 3.8) is 0 Å². The van der Waals surface area contributed by atoms with E-state index in [4.69, 9.17) is 0 Å². The van der Waals surface area contributed by atoms with Crippen LogP contribution in [0.25, 0.3) is 83.1 Å². The van der Waals surface area contributed by atoms with E-state index in [0.717, 1.165) is 22.7 Å². The van der Waals surface area contributed by atoms with Crippen LogP contribution in [0.5, 0.6) is 0 Å². The first kappa shape index (κ1) is 45.6. The minimum Gasteiger partial charge on any atom is -0.310 e. The van der Waals surface area contributed by atoms with Gasteiger partial charge in [0.1, 0.15) is 0 Å². The number of aromatic nitrogens is 1. The Morgan fingerprint density at radius 1 is 0.297 bits per heavy atom. The fraction of sp³-hybridized carbons (Fsp3) is 0.167. The Morgan fingerprint density at radius 3 is 1.53 bits per heavy atom. The minimum atomic E-state index is -0.139. The van der Waals surface area contributed by atoms with E-state index < -0.39 is 0 Å². The van der Waals surface area contributed by atoms with Gasteiger partial charge in [0.2, 0.25) is 0 Å². The zero-order valence-corrected chi connectivity index (χ0v) is 43.8. The molecule has 74 heavy (non-hydrogen) atoms. The summed E-state index contributed by atoms with van der Waals surface area (Å²) >= 11 is 0. The molecule has 2 aliphatic carbocycles. The van der Waals surface area contributed by atoms with Crippen molar-refractivity contribution < 1.29 is 0 Å². The highest BCUT2D eigenvalue weighted by Gasteiger charge is 2.57. The Labute approximate surface area is 437 Å². The molecule has 0 bridgehead atoms. The van der Waals surface area contributed by atoms with Crippen LogP contribution in [0.1, 0.15) is 77.6 Å². The first-order valence-corrected chi connectivity index (χ1v) is 26.4. The summed E-state index contributed by atoms with van der Waals surface area (Å²) in [4.78, 5) is 2.47. The molecule has 360 valence electrons.